The van der Waals surface area contributed by atoms with E-state index < -0.39 is 0 Å². The molecule has 3 nitrogen and oxygen atoms in total. The average molecular weight is 433 g/mol. The second kappa shape index (κ2) is 8.37. The first kappa shape index (κ1) is 17.8. The molecule has 0 aromatic heterocycles. The smallest absolute Gasteiger partial charge is 0.175 e. The summed E-state index contributed by atoms with van der Waals surface area (Å²) < 4.78 is 25.0. The Morgan fingerprint density at radius 2 is 2.17 bits per heavy atom. The largest absolute Gasteiger partial charge is 0.493 e. The van der Waals surface area contributed by atoms with Gasteiger partial charge in [0.2, 0.25) is 0 Å². The van der Waals surface area contributed by atoms with E-state index in [-0.39, 0.29) is 12.4 Å². The van der Waals surface area contributed by atoms with Gasteiger partial charge in [-0.05, 0) is 64.1 Å². The fraction of sp³-hybridized carbons (Fsp3) is 0.105. The van der Waals surface area contributed by atoms with Gasteiger partial charge in [-0.25, -0.2) is 4.39 Å². The van der Waals surface area contributed by atoms with E-state index in [1.165, 1.54) is 19.2 Å². The fourth-order valence-corrected chi connectivity index (χ4v) is 2.86. The zero-order valence-electron chi connectivity index (χ0n) is 12.8. The van der Waals surface area contributed by atoms with Crippen LogP contribution in [0.3, 0.4) is 0 Å². The molecule has 0 heterocycles. The van der Waals surface area contributed by atoms with Gasteiger partial charge in [-0.3, -0.25) is 0 Å². The maximum atomic E-state index is 13.4. The standard InChI is InChI=1S/C19H13FINO2/c1-3-7-24-19-17(21)9-13(10-18(19)23-2)8-15(12-22)14-5-4-6-16(20)11-14/h1,4-6,8-11H,7H2,2H3/b15-8-. The molecule has 24 heavy (non-hydrogen) atoms. The Bertz CT molecular complexity index is 863. The van der Waals surface area contributed by atoms with Crippen molar-refractivity contribution in [2.75, 3.05) is 13.7 Å². The molecule has 0 saturated carbocycles. The molecule has 2 aromatic rings. The first-order chi connectivity index (χ1) is 11.6. The Balaban J connectivity index is 2.46. The van der Waals surface area contributed by atoms with Crippen LogP contribution in [0, 0.1) is 33.1 Å². The zero-order valence-corrected chi connectivity index (χ0v) is 15.0. The second-order valence-electron chi connectivity index (χ2n) is 4.71. The second-order valence-corrected chi connectivity index (χ2v) is 5.87. The molecule has 0 aliphatic heterocycles. The summed E-state index contributed by atoms with van der Waals surface area (Å²) in [5, 5.41) is 9.38. The van der Waals surface area contributed by atoms with Crippen LogP contribution in [0.15, 0.2) is 36.4 Å². The van der Waals surface area contributed by atoms with Crippen LogP contribution >= 0.6 is 22.6 Å². The highest BCUT2D eigenvalue weighted by Gasteiger charge is 2.11. The Hall–Kier alpha value is -2.51. The van der Waals surface area contributed by atoms with Crippen LogP contribution in [0.1, 0.15) is 11.1 Å². The zero-order chi connectivity index (χ0) is 17.5. The first-order valence-corrected chi connectivity index (χ1v) is 7.98. The Morgan fingerprint density at radius 1 is 1.38 bits per heavy atom. The highest BCUT2D eigenvalue weighted by Crippen LogP contribution is 2.35. The van der Waals surface area contributed by atoms with Crippen LogP contribution in [0.4, 0.5) is 4.39 Å². The summed E-state index contributed by atoms with van der Waals surface area (Å²) in [6, 6.07) is 11.6. The number of halogens is 2. The van der Waals surface area contributed by atoms with Crippen molar-refractivity contribution in [1.82, 2.24) is 0 Å². The lowest BCUT2D eigenvalue weighted by molar-refractivity contribution is 0.328. The molecular weight excluding hydrogens is 420 g/mol. The molecule has 5 heteroatoms. The van der Waals surface area contributed by atoms with Crippen molar-refractivity contribution >= 4 is 34.2 Å². The number of nitriles is 1. The van der Waals surface area contributed by atoms with Crippen LogP contribution in [0.2, 0.25) is 0 Å². The van der Waals surface area contributed by atoms with Crippen LogP contribution in [-0.4, -0.2) is 13.7 Å². The number of hydrogen-bond donors (Lipinski definition) is 0. The quantitative estimate of drug-likeness (QED) is 0.302. The third-order valence-corrected chi connectivity index (χ3v) is 3.92. The molecule has 0 aliphatic rings. The van der Waals surface area contributed by atoms with E-state index >= 15 is 0 Å². The van der Waals surface area contributed by atoms with Crippen LogP contribution in [-0.2, 0) is 0 Å². The number of terminal acetylenes is 1. The number of nitrogens with zero attached hydrogens (tertiary/aromatic N) is 1. The third-order valence-electron chi connectivity index (χ3n) is 3.12. The lowest BCUT2D eigenvalue weighted by Crippen LogP contribution is -1.99. The van der Waals surface area contributed by atoms with E-state index in [1.807, 2.05) is 6.07 Å². The number of benzene rings is 2. The van der Waals surface area contributed by atoms with E-state index in [9.17, 15) is 9.65 Å². The van der Waals surface area contributed by atoms with Crippen molar-refractivity contribution in [3.8, 4) is 29.9 Å². The van der Waals surface area contributed by atoms with Crippen molar-refractivity contribution < 1.29 is 13.9 Å². The van der Waals surface area contributed by atoms with Crippen LogP contribution < -0.4 is 9.47 Å². The summed E-state index contributed by atoms with van der Waals surface area (Å²) >= 11 is 2.11. The van der Waals surface area contributed by atoms with Gasteiger partial charge in [0, 0.05) is 0 Å². The molecule has 2 aromatic carbocycles. The number of ether oxygens (including phenoxy) is 2. The average Bonchev–Trinajstić information content (AvgIpc) is 2.58. The minimum absolute atomic E-state index is 0.133. The molecule has 0 saturated heterocycles. The fourth-order valence-electron chi connectivity index (χ4n) is 2.08. The molecular formula is C19H13FINO2. The normalized spacial score (nSPS) is 10.6. The molecule has 120 valence electrons. The molecule has 0 radical (unpaired) electrons. The van der Waals surface area contributed by atoms with E-state index in [2.05, 4.69) is 34.6 Å². The van der Waals surface area contributed by atoms with Gasteiger partial charge in [-0.1, -0.05) is 18.1 Å². The number of rotatable bonds is 5. The van der Waals surface area contributed by atoms with Crippen molar-refractivity contribution in [3.05, 3.63) is 56.9 Å². The summed E-state index contributed by atoms with van der Waals surface area (Å²) in [7, 11) is 1.53. The predicted octanol–water partition coefficient (Wildman–Crippen LogP) is 4.52. The summed E-state index contributed by atoms with van der Waals surface area (Å²) in [5.41, 5.74) is 1.61. The Morgan fingerprint density at radius 3 is 2.79 bits per heavy atom. The lowest BCUT2D eigenvalue weighted by atomic mass is 10.0. The lowest BCUT2D eigenvalue weighted by Gasteiger charge is -2.12. The summed E-state index contributed by atoms with van der Waals surface area (Å²) in [6.07, 6.45) is 6.88. The van der Waals surface area contributed by atoms with Gasteiger partial charge in [0.15, 0.2) is 11.5 Å². The van der Waals surface area contributed by atoms with Gasteiger partial charge >= 0.3 is 0 Å². The number of allylic oxidation sites excluding steroid dienone is 1. The minimum atomic E-state index is -0.390. The third kappa shape index (κ3) is 4.27. The van der Waals surface area contributed by atoms with Crippen LogP contribution in [0.5, 0.6) is 11.5 Å². The van der Waals surface area contributed by atoms with Gasteiger partial charge in [-0.2, -0.15) is 5.26 Å². The molecule has 0 unspecified atom stereocenters. The molecule has 0 bridgehead atoms. The number of hydrogen-bond acceptors (Lipinski definition) is 3. The van der Waals surface area contributed by atoms with Crippen LogP contribution in [0.25, 0.3) is 11.6 Å². The van der Waals surface area contributed by atoms with Gasteiger partial charge in [0.25, 0.3) is 0 Å². The molecule has 0 spiro atoms. The van der Waals surface area contributed by atoms with Gasteiger partial charge in [0.1, 0.15) is 12.4 Å². The summed E-state index contributed by atoms with van der Waals surface area (Å²) in [4.78, 5) is 0. The van der Waals surface area contributed by atoms with E-state index in [4.69, 9.17) is 15.9 Å². The van der Waals surface area contributed by atoms with Gasteiger partial charge < -0.3 is 9.47 Å². The topological polar surface area (TPSA) is 42.2 Å². The molecule has 0 amide bonds. The van der Waals surface area contributed by atoms with Gasteiger partial charge in [-0.15, -0.1) is 6.42 Å². The maximum absolute atomic E-state index is 13.4. The molecule has 2 rings (SSSR count). The highest BCUT2D eigenvalue weighted by atomic mass is 127. The Kier molecular flexibility index (Phi) is 6.22. The van der Waals surface area contributed by atoms with E-state index in [0.717, 1.165) is 9.13 Å². The molecule has 0 fully saturated rings. The van der Waals surface area contributed by atoms with Crippen molar-refractivity contribution in [3.63, 3.8) is 0 Å². The molecule has 0 N–H and O–H groups in total. The summed E-state index contributed by atoms with van der Waals surface area (Å²) in [5.74, 6) is 3.08. The monoisotopic (exact) mass is 433 g/mol. The summed E-state index contributed by atoms with van der Waals surface area (Å²) in [6.45, 7) is 0.133. The SMILES string of the molecule is C#CCOc1c(I)cc(/C=C(/C#N)c2cccc(F)c2)cc1OC. The maximum Gasteiger partial charge on any atom is 0.175 e. The van der Waals surface area contributed by atoms with E-state index in [0.29, 0.717) is 22.6 Å². The van der Waals surface area contributed by atoms with Crippen molar-refractivity contribution in [2.45, 2.75) is 0 Å². The van der Waals surface area contributed by atoms with Crippen molar-refractivity contribution in [1.29, 1.82) is 5.26 Å². The number of methoxy groups -OCH3 is 1. The molecule has 0 atom stereocenters. The molecule has 0 aliphatic carbocycles. The first-order valence-electron chi connectivity index (χ1n) is 6.90. The minimum Gasteiger partial charge on any atom is -0.493 e. The predicted molar refractivity (Wildman–Crippen MR) is 99.9 cm³/mol. The Labute approximate surface area is 153 Å². The van der Waals surface area contributed by atoms with Crippen molar-refractivity contribution in [2.24, 2.45) is 0 Å². The van der Waals surface area contributed by atoms with Gasteiger partial charge in [0.05, 0.1) is 22.3 Å². The van der Waals surface area contributed by atoms with E-state index in [1.54, 1.807) is 24.3 Å². The highest BCUT2D eigenvalue weighted by molar-refractivity contribution is 14.1.